The lowest BCUT2D eigenvalue weighted by Crippen LogP contribution is -2.58. The van der Waals surface area contributed by atoms with Gasteiger partial charge in [-0.05, 0) is 24.0 Å². The van der Waals surface area contributed by atoms with E-state index in [0.29, 0.717) is 0 Å². The highest BCUT2D eigenvalue weighted by Crippen LogP contribution is 2.50. The van der Waals surface area contributed by atoms with E-state index in [1.54, 1.807) is 0 Å². The number of aliphatic hydroxyl groups is 1. The van der Waals surface area contributed by atoms with E-state index in [2.05, 4.69) is 86.8 Å². The average Bonchev–Trinajstić information content (AvgIpc) is 2.83. The summed E-state index contributed by atoms with van der Waals surface area (Å²) in [5, 5.41) is 16.4. The first-order valence-corrected chi connectivity index (χ1v) is 13.2. The lowest BCUT2D eigenvalue weighted by molar-refractivity contribution is -0.126. The van der Waals surface area contributed by atoms with Crippen molar-refractivity contribution >= 4 is 0 Å². The molecule has 1 aliphatic heterocycles. The van der Waals surface area contributed by atoms with Crippen LogP contribution in [-0.2, 0) is 0 Å². The minimum atomic E-state index is -0.661. The zero-order chi connectivity index (χ0) is 22.8. The Morgan fingerprint density at radius 1 is 0.719 bits per heavy atom. The largest absolute Gasteiger partial charge is 0.389 e. The molecule has 2 N–H and O–H groups in total. The molecule has 0 saturated carbocycles. The molecule has 0 amide bonds. The number of rotatable bonds is 12. The number of piperidine rings is 1. The number of unbranched alkanes of at least 4 members (excludes halogenated alkanes) is 6. The van der Waals surface area contributed by atoms with Crippen molar-refractivity contribution < 1.29 is 5.11 Å². The molecule has 0 aliphatic carbocycles. The fraction of sp³-hybridized carbons (Fsp3) is 0.600. The molecule has 0 aromatic heterocycles. The van der Waals surface area contributed by atoms with Crippen LogP contribution in [0.25, 0.3) is 0 Å². The van der Waals surface area contributed by atoms with E-state index in [4.69, 9.17) is 0 Å². The van der Waals surface area contributed by atoms with Crippen molar-refractivity contribution in [2.75, 3.05) is 0 Å². The van der Waals surface area contributed by atoms with E-state index in [1.807, 2.05) is 0 Å². The van der Waals surface area contributed by atoms with Crippen LogP contribution in [0.2, 0.25) is 0 Å². The molecule has 2 aromatic carbocycles. The van der Waals surface area contributed by atoms with E-state index in [0.717, 1.165) is 25.7 Å². The van der Waals surface area contributed by atoms with E-state index >= 15 is 0 Å². The van der Waals surface area contributed by atoms with Gasteiger partial charge < -0.3 is 10.4 Å². The molecular formula is C30H45NO. The molecule has 2 heteroatoms. The van der Waals surface area contributed by atoms with Gasteiger partial charge in [0, 0.05) is 23.9 Å². The van der Waals surface area contributed by atoms with Crippen molar-refractivity contribution in [1.82, 2.24) is 5.32 Å². The Morgan fingerprint density at radius 2 is 1.25 bits per heavy atom. The summed E-state index contributed by atoms with van der Waals surface area (Å²) < 4.78 is 0. The summed E-state index contributed by atoms with van der Waals surface area (Å²) in [5.41, 5.74) is 1.93. The van der Waals surface area contributed by atoms with Gasteiger partial charge in [0.05, 0.1) is 5.60 Å². The minimum Gasteiger partial charge on any atom is -0.389 e. The zero-order valence-corrected chi connectivity index (χ0v) is 20.6. The molecule has 1 aliphatic rings. The third-order valence-corrected chi connectivity index (χ3v) is 7.79. The summed E-state index contributed by atoms with van der Waals surface area (Å²) in [7, 11) is 0. The van der Waals surface area contributed by atoms with Gasteiger partial charge in [0.2, 0.25) is 0 Å². The van der Waals surface area contributed by atoms with Crippen molar-refractivity contribution in [3.8, 4) is 0 Å². The van der Waals surface area contributed by atoms with Crippen LogP contribution in [0.4, 0.5) is 0 Å². The maximum absolute atomic E-state index is 12.4. The molecule has 0 unspecified atom stereocenters. The van der Waals surface area contributed by atoms with Gasteiger partial charge in [-0.2, -0.15) is 0 Å². The quantitative estimate of drug-likeness (QED) is 0.331. The molecule has 5 atom stereocenters. The van der Waals surface area contributed by atoms with Gasteiger partial charge in [-0.3, -0.25) is 0 Å². The summed E-state index contributed by atoms with van der Waals surface area (Å²) in [6.45, 7) is 6.80. The van der Waals surface area contributed by atoms with Gasteiger partial charge in [0.15, 0.2) is 0 Å². The number of hydrogen-bond acceptors (Lipinski definition) is 2. The molecule has 3 rings (SSSR count). The Bertz CT molecular complexity index is 761. The first kappa shape index (κ1) is 25.0. The summed E-state index contributed by atoms with van der Waals surface area (Å²) in [6, 6.07) is 21.9. The monoisotopic (exact) mass is 435 g/mol. The van der Waals surface area contributed by atoms with Crippen molar-refractivity contribution in [2.45, 2.75) is 103 Å². The molecule has 2 nitrogen and oxygen atoms in total. The van der Waals surface area contributed by atoms with E-state index in [-0.39, 0.29) is 23.9 Å². The highest BCUT2D eigenvalue weighted by atomic mass is 16.3. The molecular weight excluding hydrogens is 390 g/mol. The van der Waals surface area contributed by atoms with E-state index in [9.17, 15) is 5.11 Å². The van der Waals surface area contributed by atoms with Gasteiger partial charge >= 0.3 is 0 Å². The van der Waals surface area contributed by atoms with Crippen LogP contribution in [0.1, 0.15) is 108 Å². The maximum atomic E-state index is 12.4. The average molecular weight is 436 g/mol. The molecule has 2 aromatic rings. The molecule has 1 heterocycles. The molecule has 1 saturated heterocycles. The molecule has 0 bridgehead atoms. The van der Waals surface area contributed by atoms with Crippen molar-refractivity contribution in [3.05, 3.63) is 71.8 Å². The predicted molar refractivity (Wildman–Crippen MR) is 137 cm³/mol. The fourth-order valence-electron chi connectivity index (χ4n) is 5.91. The second-order valence-electron chi connectivity index (χ2n) is 9.99. The van der Waals surface area contributed by atoms with Gasteiger partial charge in [-0.1, -0.05) is 133 Å². The van der Waals surface area contributed by atoms with Crippen LogP contribution in [0.3, 0.4) is 0 Å². The summed E-state index contributed by atoms with van der Waals surface area (Å²) in [6.07, 6.45) is 12.0. The third-order valence-electron chi connectivity index (χ3n) is 7.79. The summed E-state index contributed by atoms with van der Waals surface area (Å²) >= 11 is 0. The Balaban J connectivity index is 1.84. The van der Waals surface area contributed by atoms with Crippen molar-refractivity contribution in [2.24, 2.45) is 11.8 Å². The number of benzene rings is 2. The van der Waals surface area contributed by atoms with Gasteiger partial charge in [0.1, 0.15) is 0 Å². The third kappa shape index (κ3) is 6.02. The molecule has 0 spiro atoms. The van der Waals surface area contributed by atoms with Gasteiger partial charge in [-0.15, -0.1) is 0 Å². The fourth-order valence-corrected chi connectivity index (χ4v) is 5.91. The normalized spacial score (nSPS) is 28.0. The second-order valence-corrected chi connectivity index (χ2v) is 9.99. The lowest BCUT2D eigenvalue weighted by Gasteiger charge is -2.53. The van der Waals surface area contributed by atoms with Crippen LogP contribution in [-0.4, -0.2) is 10.7 Å². The van der Waals surface area contributed by atoms with Crippen LogP contribution < -0.4 is 5.32 Å². The van der Waals surface area contributed by atoms with Crippen molar-refractivity contribution in [3.63, 3.8) is 0 Å². The topological polar surface area (TPSA) is 32.3 Å². The lowest BCUT2D eigenvalue weighted by atomic mass is 9.62. The van der Waals surface area contributed by atoms with E-state index < -0.39 is 5.60 Å². The Kier molecular flexibility index (Phi) is 9.81. The Hall–Kier alpha value is -1.64. The zero-order valence-electron chi connectivity index (χ0n) is 20.6. The Morgan fingerprint density at radius 3 is 1.81 bits per heavy atom. The minimum absolute atomic E-state index is 0.157. The Labute approximate surface area is 196 Å². The SMILES string of the molecule is CCCCCCCCC[C@]1(O)[C@H](C)[C@H](c2ccccc2)N[C@H](c2ccccc2)[C@H]1CCC. The van der Waals surface area contributed by atoms with Crippen molar-refractivity contribution in [1.29, 1.82) is 0 Å². The van der Waals surface area contributed by atoms with Crippen LogP contribution in [0.15, 0.2) is 60.7 Å². The van der Waals surface area contributed by atoms with Crippen LogP contribution >= 0.6 is 0 Å². The van der Waals surface area contributed by atoms with Crippen LogP contribution in [0.5, 0.6) is 0 Å². The number of nitrogens with one attached hydrogen (secondary N) is 1. The molecule has 32 heavy (non-hydrogen) atoms. The first-order chi connectivity index (χ1) is 15.6. The molecule has 1 fully saturated rings. The number of hydrogen-bond donors (Lipinski definition) is 2. The highest BCUT2D eigenvalue weighted by molar-refractivity contribution is 5.28. The maximum Gasteiger partial charge on any atom is 0.0737 e. The summed E-state index contributed by atoms with van der Waals surface area (Å²) in [5.74, 6) is 0.395. The predicted octanol–water partition coefficient (Wildman–Crippen LogP) is 8.00. The van der Waals surface area contributed by atoms with Crippen LogP contribution in [0, 0.1) is 11.8 Å². The van der Waals surface area contributed by atoms with Gasteiger partial charge in [-0.25, -0.2) is 0 Å². The smallest absolute Gasteiger partial charge is 0.0737 e. The standard InChI is InChI=1S/C30H45NO/c1-4-6-7-8-9-10-17-23-30(32)24(3)28(25-19-13-11-14-20-25)31-29(27(30)18-5-2)26-21-15-12-16-22-26/h11-16,19-22,24,27-29,31-32H,4-10,17-18,23H2,1-3H3/t24-,27-,28-,29-,30+/m1/s1. The van der Waals surface area contributed by atoms with Gasteiger partial charge in [0.25, 0.3) is 0 Å². The highest BCUT2D eigenvalue weighted by Gasteiger charge is 2.52. The second kappa shape index (κ2) is 12.6. The molecule has 0 radical (unpaired) electrons. The molecule has 176 valence electrons. The summed E-state index contributed by atoms with van der Waals surface area (Å²) in [4.78, 5) is 0. The first-order valence-electron chi connectivity index (χ1n) is 13.2. The van der Waals surface area contributed by atoms with E-state index in [1.165, 1.54) is 49.7 Å².